The van der Waals surface area contributed by atoms with E-state index in [-0.39, 0.29) is 16.6 Å². The lowest BCUT2D eigenvalue weighted by molar-refractivity contribution is 0.102. The molecule has 0 aliphatic heterocycles. The molecular formula is C22H17ClN4O4. The average Bonchev–Trinajstić information content (AvgIpc) is 2.78. The van der Waals surface area contributed by atoms with Crippen LogP contribution in [0.15, 0.2) is 70.4 Å². The minimum Gasteiger partial charge on any atom is -0.454 e. The lowest BCUT2D eigenvalue weighted by Gasteiger charge is -2.13. The highest BCUT2D eigenvalue weighted by atomic mass is 35.5. The number of hydrogen-bond acceptors (Lipinski definition) is 5. The van der Waals surface area contributed by atoms with Crippen molar-refractivity contribution in [2.45, 2.75) is 0 Å². The topological polar surface area (TPSA) is 95.2 Å². The Morgan fingerprint density at radius 3 is 2.42 bits per heavy atom. The highest BCUT2D eigenvalue weighted by molar-refractivity contribution is 6.32. The number of pyridine rings is 1. The fourth-order valence-corrected chi connectivity index (χ4v) is 3.26. The number of fused-ring (bicyclic) bond motifs is 1. The van der Waals surface area contributed by atoms with Crippen LogP contribution in [0.5, 0.6) is 11.5 Å². The summed E-state index contributed by atoms with van der Waals surface area (Å²) in [5.41, 5.74) is -0.237. The molecule has 156 valence electrons. The van der Waals surface area contributed by atoms with Gasteiger partial charge >= 0.3 is 5.69 Å². The third-order valence-electron chi connectivity index (χ3n) is 4.75. The molecule has 1 N–H and O–H groups in total. The number of nitrogens with zero attached hydrogens (tertiary/aromatic N) is 3. The van der Waals surface area contributed by atoms with Crippen molar-refractivity contribution in [3.8, 4) is 11.5 Å². The van der Waals surface area contributed by atoms with E-state index in [0.29, 0.717) is 22.2 Å². The summed E-state index contributed by atoms with van der Waals surface area (Å²) in [6.45, 7) is 0. The highest BCUT2D eigenvalue weighted by Gasteiger charge is 2.15. The Balaban J connectivity index is 1.68. The standard InChI is InChI=1S/C22H17ClN4O4/c1-26-19-14(21(29)27(2)22(26)30)11-13(12-24-19)20(28)25-16-8-4-6-10-18(16)31-17-9-5-3-7-15(17)23/h3-12H,1-2H3,(H,25,28). The van der Waals surface area contributed by atoms with Gasteiger partial charge in [0.1, 0.15) is 11.4 Å². The summed E-state index contributed by atoms with van der Waals surface area (Å²) in [6, 6.07) is 15.3. The molecule has 0 saturated heterocycles. The summed E-state index contributed by atoms with van der Waals surface area (Å²) in [7, 11) is 2.89. The van der Waals surface area contributed by atoms with Crippen LogP contribution in [0.2, 0.25) is 5.02 Å². The number of anilines is 1. The second kappa shape index (κ2) is 8.08. The summed E-state index contributed by atoms with van der Waals surface area (Å²) in [4.78, 5) is 41.5. The van der Waals surface area contributed by atoms with Gasteiger partial charge in [-0.2, -0.15) is 0 Å². The van der Waals surface area contributed by atoms with Gasteiger partial charge < -0.3 is 10.1 Å². The third kappa shape index (κ3) is 3.80. The van der Waals surface area contributed by atoms with Gasteiger partial charge in [0.25, 0.3) is 11.5 Å². The van der Waals surface area contributed by atoms with Crippen molar-refractivity contribution in [3.63, 3.8) is 0 Å². The molecule has 31 heavy (non-hydrogen) atoms. The number of ether oxygens (including phenoxy) is 1. The van der Waals surface area contributed by atoms with Gasteiger partial charge in [-0.25, -0.2) is 9.78 Å². The number of carbonyl (C=O) groups excluding carboxylic acids is 1. The first kappa shape index (κ1) is 20.4. The van der Waals surface area contributed by atoms with Crippen LogP contribution in [0.25, 0.3) is 11.0 Å². The number of carbonyl (C=O) groups is 1. The monoisotopic (exact) mass is 436 g/mol. The van der Waals surface area contributed by atoms with E-state index in [1.165, 1.54) is 30.9 Å². The highest BCUT2D eigenvalue weighted by Crippen LogP contribution is 2.33. The van der Waals surface area contributed by atoms with Crippen molar-refractivity contribution >= 4 is 34.2 Å². The number of aromatic nitrogens is 3. The molecule has 0 fully saturated rings. The number of nitrogens with one attached hydrogen (secondary N) is 1. The largest absolute Gasteiger partial charge is 0.454 e. The van der Waals surface area contributed by atoms with E-state index in [2.05, 4.69) is 10.3 Å². The first-order valence-corrected chi connectivity index (χ1v) is 9.63. The Bertz CT molecular complexity index is 1440. The Kier molecular flexibility index (Phi) is 5.31. The van der Waals surface area contributed by atoms with Gasteiger partial charge in [0.05, 0.1) is 21.7 Å². The molecule has 0 spiro atoms. The molecule has 0 aliphatic carbocycles. The number of hydrogen-bond donors (Lipinski definition) is 1. The van der Waals surface area contributed by atoms with Gasteiger partial charge in [-0.1, -0.05) is 35.9 Å². The minimum absolute atomic E-state index is 0.163. The van der Waals surface area contributed by atoms with Crippen LogP contribution in [-0.2, 0) is 14.1 Å². The number of rotatable bonds is 4. The van der Waals surface area contributed by atoms with Crippen molar-refractivity contribution in [2.75, 3.05) is 5.32 Å². The molecule has 8 nitrogen and oxygen atoms in total. The van der Waals surface area contributed by atoms with Crippen molar-refractivity contribution in [3.05, 3.63) is 92.2 Å². The Morgan fingerprint density at radius 1 is 1.00 bits per heavy atom. The minimum atomic E-state index is -0.525. The molecule has 0 bridgehead atoms. The van der Waals surface area contributed by atoms with E-state index in [9.17, 15) is 14.4 Å². The van der Waals surface area contributed by atoms with E-state index < -0.39 is 17.2 Å². The van der Waals surface area contributed by atoms with Gasteiger partial charge in [0.2, 0.25) is 0 Å². The zero-order valence-electron chi connectivity index (χ0n) is 16.6. The average molecular weight is 437 g/mol. The fourth-order valence-electron chi connectivity index (χ4n) is 3.09. The number of amides is 1. The SMILES string of the molecule is Cn1c(=O)c2cc(C(=O)Nc3ccccc3Oc3ccccc3Cl)cnc2n(C)c1=O. The molecule has 2 aromatic heterocycles. The Labute approximate surface area is 181 Å². The zero-order chi connectivity index (χ0) is 22.1. The van der Waals surface area contributed by atoms with Crippen molar-refractivity contribution in [2.24, 2.45) is 14.1 Å². The van der Waals surface area contributed by atoms with Gasteiger partial charge in [0.15, 0.2) is 5.75 Å². The van der Waals surface area contributed by atoms with E-state index in [1.54, 1.807) is 48.5 Å². The molecular weight excluding hydrogens is 420 g/mol. The van der Waals surface area contributed by atoms with E-state index in [0.717, 1.165) is 4.57 Å². The van der Waals surface area contributed by atoms with Crippen LogP contribution >= 0.6 is 11.6 Å². The lowest BCUT2D eigenvalue weighted by Crippen LogP contribution is -2.37. The maximum atomic E-state index is 12.9. The lowest BCUT2D eigenvalue weighted by atomic mass is 10.2. The molecule has 0 atom stereocenters. The molecule has 2 heterocycles. The van der Waals surface area contributed by atoms with Gasteiger partial charge in [0, 0.05) is 20.3 Å². The molecule has 4 aromatic rings. The van der Waals surface area contributed by atoms with Gasteiger partial charge in [-0.15, -0.1) is 0 Å². The maximum Gasteiger partial charge on any atom is 0.332 e. The number of benzene rings is 2. The summed E-state index contributed by atoms with van der Waals surface area (Å²) >= 11 is 6.16. The van der Waals surface area contributed by atoms with Crippen LogP contribution in [0.3, 0.4) is 0 Å². The van der Waals surface area contributed by atoms with Gasteiger partial charge in [-0.3, -0.25) is 18.7 Å². The van der Waals surface area contributed by atoms with E-state index in [1.807, 2.05) is 0 Å². The fraction of sp³-hybridized carbons (Fsp3) is 0.0909. The molecule has 0 saturated carbocycles. The summed E-state index contributed by atoms with van der Waals surface area (Å²) in [5, 5.41) is 3.37. The second-order valence-corrected chi connectivity index (χ2v) is 7.19. The summed E-state index contributed by atoms with van der Waals surface area (Å²) < 4.78 is 8.08. The van der Waals surface area contributed by atoms with Crippen LogP contribution < -0.4 is 21.3 Å². The third-order valence-corrected chi connectivity index (χ3v) is 5.06. The zero-order valence-corrected chi connectivity index (χ0v) is 17.4. The Hall–Kier alpha value is -3.91. The number of halogens is 1. The molecule has 0 aliphatic rings. The normalized spacial score (nSPS) is 10.8. The smallest absolute Gasteiger partial charge is 0.332 e. The molecule has 4 rings (SSSR count). The van der Waals surface area contributed by atoms with Crippen LogP contribution in [0, 0.1) is 0 Å². The molecule has 0 unspecified atom stereocenters. The first-order chi connectivity index (χ1) is 14.9. The number of para-hydroxylation sites is 3. The van der Waals surface area contributed by atoms with Crippen LogP contribution in [0.4, 0.5) is 5.69 Å². The van der Waals surface area contributed by atoms with Gasteiger partial charge in [-0.05, 0) is 30.3 Å². The molecule has 1 amide bonds. The van der Waals surface area contributed by atoms with Crippen molar-refractivity contribution in [1.29, 1.82) is 0 Å². The predicted molar refractivity (Wildman–Crippen MR) is 118 cm³/mol. The van der Waals surface area contributed by atoms with Crippen LogP contribution in [-0.4, -0.2) is 20.0 Å². The van der Waals surface area contributed by atoms with Crippen molar-refractivity contribution < 1.29 is 9.53 Å². The van der Waals surface area contributed by atoms with Crippen molar-refractivity contribution in [1.82, 2.24) is 14.1 Å². The second-order valence-electron chi connectivity index (χ2n) is 6.78. The quantitative estimate of drug-likeness (QED) is 0.529. The Morgan fingerprint density at radius 2 is 1.68 bits per heavy atom. The molecule has 0 radical (unpaired) electrons. The van der Waals surface area contributed by atoms with E-state index >= 15 is 0 Å². The van der Waals surface area contributed by atoms with Crippen LogP contribution in [0.1, 0.15) is 10.4 Å². The molecule has 2 aromatic carbocycles. The summed E-state index contributed by atoms with van der Waals surface area (Å²) in [5.74, 6) is 0.360. The molecule has 9 heteroatoms. The maximum absolute atomic E-state index is 12.9. The van der Waals surface area contributed by atoms with E-state index in [4.69, 9.17) is 16.3 Å². The predicted octanol–water partition coefficient (Wildman–Crippen LogP) is 3.33. The first-order valence-electron chi connectivity index (χ1n) is 9.25. The summed E-state index contributed by atoms with van der Waals surface area (Å²) in [6.07, 6.45) is 1.31. The number of aryl methyl sites for hydroxylation is 1.